The van der Waals surface area contributed by atoms with Gasteiger partial charge in [-0.3, -0.25) is 4.68 Å². The quantitative estimate of drug-likeness (QED) is 0.856. The van der Waals surface area contributed by atoms with Gasteiger partial charge in [0.05, 0.1) is 22.8 Å². The maximum atomic E-state index is 13.6. The van der Waals surface area contributed by atoms with Gasteiger partial charge in [0, 0.05) is 0 Å². The van der Waals surface area contributed by atoms with Gasteiger partial charge in [0.1, 0.15) is 0 Å². The first kappa shape index (κ1) is 19.7. The van der Waals surface area contributed by atoms with Crippen molar-refractivity contribution in [3.63, 3.8) is 0 Å². The topological polar surface area (TPSA) is 82.8 Å². The molecular formula is C15H21ClF3N5O. The van der Waals surface area contributed by atoms with Crippen molar-refractivity contribution in [1.29, 1.82) is 0 Å². The third kappa shape index (κ3) is 3.52. The molecule has 1 aliphatic carbocycles. The Kier molecular flexibility index (Phi) is 4.95. The Morgan fingerprint density at radius 2 is 1.80 bits per heavy atom. The molecule has 0 bridgehead atoms. The van der Waals surface area contributed by atoms with Gasteiger partial charge < -0.3 is 10.3 Å². The minimum absolute atomic E-state index is 0. The van der Waals surface area contributed by atoms with E-state index in [4.69, 9.17) is 10.3 Å². The largest absolute Gasteiger partial charge is 0.433 e. The molecule has 0 spiro atoms. The van der Waals surface area contributed by atoms with Gasteiger partial charge in [-0.1, -0.05) is 18.0 Å². The molecule has 1 aliphatic rings. The summed E-state index contributed by atoms with van der Waals surface area (Å²) in [7, 11) is 0. The van der Waals surface area contributed by atoms with Crippen molar-refractivity contribution >= 4 is 12.4 Å². The fourth-order valence-corrected chi connectivity index (χ4v) is 3.05. The number of hydrogen-bond acceptors (Lipinski definition) is 5. The van der Waals surface area contributed by atoms with Gasteiger partial charge in [0.2, 0.25) is 0 Å². The number of nitrogens with zero attached hydrogens (tertiary/aromatic N) is 4. The molecule has 2 aromatic heterocycles. The van der Waals surface area contributed by atoms with Gasteiger partial charge in [0.15, 0.2) is 11.5 Å². The van der Waals surface area contributed by atoms with E-state index in [9.17, 15) is 13.2 Å². The van der Waals surface area contributed by atoms with Crippen molar-refractivity contribution in [2.24, 2.45) is 5.73 Å². The zero-order valence-corrected chi connectivity index (χ0v) is 15.0. The summed E-state index contributed by atoms with van der Waals surface area (Å²) in [6.45, 7) is 4.93. The van der Waals surface area contributed by atoms with E-state index in [1.165, 1.54) is 0 Å². The summed E-state index contributed by atoms with van der Waals surface area (Å²) in [4.78, 5) is 4.15. The smallest absolute Gasteiger partial charge is 0.334 e. The zero-order chi connectivity index (χ0) is 17.8. The van der Waals surface area contributed by atoms with Gasteiger partial charge >= 0.3 is 6.18 Å². The van der Waals surface area contributed by atoms with Crippen LogP contribution in [0, 0.1) is 0 Å². The third-order valence-corrected chi connectivity index (χ3v) is 4.27. The highest BCUT2D eigenvalue weighted by Gasteiger charge is 2.43. The Balaban J connectivity index is 0.00000225. The second-order valence-corrected chi connectivity index (χ2v) is 7.27. The number of halogens is 4. The molecule has 0 unspecified atom stereocenters. The van der Waals surface area contributed by atoms with Crippen LogP contribution in [0.2, 0.25) is 0 Å². The first-order valence-corrected chi connectivity index (χ1v) is 7.81. The molecule has 2 aromatic rings. The Hall–Kier alpha value is -1.61. The lowest BCUT2D eigenvalue weighted by Gasteiger charge is -2.23. The van der Waals surface area contributed by atoms with Gasteiger partial charge in [-0.25, -0.2) is 0 Å². The van der Waals surface area contributed by atoms with E-state index in [0.717, 1.165) is 23.7 Å². The van der Waals surface area contributed by atoms with Crippen LogP contribution in [0.5, 0.6) is 0 Å². The lowest BCUT2D eigenvalue weighted by Crippen LogP contribution is -2.34. The lowest BCUT2D eigenvalue weighted by atomic mass is 9.99. The Morgan fingerprint density at radius 1 is 1.20 bits per heavy atom. The van der Waals surface area contributed by atoms with Gasteiger partial charge in [-0.05, 0) is 33.6 Å². The fourth-order valence-electron chi connectivity index (χ4n) is 3.05. The maximum absolute atomic E-state index is 13.6. The third-order valence-electron chi connectivity index (χ3n) is 4.27. The predicted molar refractivity (Wildman–Crippen MR) is 87.1 cm³/mol. The number of rotatable bonds is 2. The Labute approximate surface area is 149 Å². The highest BCUT2D eigenvalue weighted by Crippen LogP contribution is 2.40. The van der Waals surface area contributed by atoms with Gasteiger partial charge in [-0.2, -0.15) is 23.3 Å². The standard InChI is InChI=1S/C15H20F3N5O.ClH/c1-13(2,3)23-10(15(16,17)18)9(8-20-23)11-21-12(22-24-11)14(19)6-4-5-7-14;/h8H,4-7,19H2,1-3H3;1H. The molecule has 0 aromatic carbocycles. The molecule has 2 heterocycles. The Morgan fingerprint density at radius 3 is 2.32 bits per heavy atom. The number of aromatic nitrogens is 4. The second-order valence-electron chi connectivity index (χ2n) is 7.27. The molecule has 0 aliphatic heterocycles. The maximum Gasteiger partial charge on any atom is 0.433 e. The van der Waals surface area contributed by atoms with E-state index in [0.29, 0.717) is 12.8 Å². The second kappa shape index (κ2) is 6.28. The summed E-state index contributed by atoms with van der Waals surface area (Å²) in [6.07, 6.45) is -0.213. The molecule has 25 heavy (non-hydrogen) atoms. The molecule has 1 saturated carbocycles. The zero-order valence-electron chi connectivity index (χ0n) is 14.2. The van der Waals surface area contributed by atoms with Crippen molar-refractivity contribution in [3.05, 3.63) is 17.7 Å². The molecule has 10 heteroatoms. The van der Waals surface area contributed by atoms with Crippen LogP contribution in [0.25, 0.3) is 11.5 Å². The molecule has 6 nitrogen and oxygen atoms in total. The van der Waals surface area contributed by atoms with Crippen molar-refractivity contribution in [2.45, 2.75) is 63.7 Å². The van der Waals surface area contributed by atoms with E-state index in [1.807, 2.05) is 0 Å². The molecule has 0 amide bonds. The van der Waals surface area contributed by atoms with Crippen molar-refractivity contribution in [3.8, 4) is 11.5 Å². The van der Waals surface area contributed by atoms with Crippen LogP contribution in [0.3, 0.4) is 0 Å². The molecule has 0 radical (unpaired) electrons. The minimum atomic E-state index is -4.60. The SMILES string of the molecule is CC(C)(C)n1ncc(-c2nc(C3(N)CCCC3)no2)c1C(F)(F)F.Cl. The average Bonchev–Trinajstić information content (AvgIpc) is 3.15. The van der Waals surface area contributed by atoms with E-state index in [1.54, 1.807) is 20.8 Å². The van der Waals surface area contributed by atoms with Crippen LogP contribution >= 0.6 is 12.4 Å². The highest BCUT2D eigenvalue weighted by molar-refractivity contribution is 5.85. The van der Waals surface area contributed by atoms with Crippen LogP contribution in [0.1, 0.15) is 58.0 Å². The Bertz CT molecular complexity index is 741. The number of hydrogen-bond donors (Lipinski definition) is 1. The van der Waals surface area contributed by atoms with E-state index < -0.39 is 22.9 Å². The molecule has 140 valence electrons. The van der Waals surface area contributed by atoms with Crippen molar-refractivity contribution in [1.82, 2.24) is 19.9 Å². The summed E-state index contributed by atoms with van der Waals surface area (Å²) >= 11 is 0. The summed E-state index contributed by atoms with van der Waals surface area (Å²) in [5.41, 5.74) is 3.55. The molecule has 0 saturated heterocycles. The van der Waals surface area contributed by atoms with Crippen LogP contribution in [-0.2, 0) is 17.3 Å². The van der Waals surface area contributed by atoms with Crippen molar-refractivity contribution in [2.75, 3.05) is 0 Å². The van der Waals surface area contributed by atoms with E-state index in [2.05, 4.69) is 15.2 Å². The van der Waals surface area contributed by atoms with Crippen LogP contribution in [0.15, 0.2) is 10.7 Å². The first-order chi connectivity index (χ1) is 11.0. The van der Waals surface area contributed by atoms with E-state index >= 15 is 0 Å². The van der Waals surface area contributed by atoms with Crippen LogP contribution in [0.4, 0.5) is 13.2 Å². The fraction of sp³-hybridized carbons (Fsp3) is 0.667. The summed E-state index contributed by atoms with van der Waals surface area (Å²) in [5, 5.41) is 7.72. The minimum Gasteiger partial charge on any atom is -0.334 e. The number of nitrogens with two attached hydrogens (primary N) is 1. The van der Waals surface area contributed by atoms with Gasteiger partial charge in [-0.15, -0.1) is 12.4 Å². The lowest BCUT2D eigenvalue weighted by molar-refractivity contribution is -0.145. The van der Waals surface area contributed by atoms with Gasteiger partial charge in [0.25, 0.3) is 5.89 Å². The predicted octanol–water partition coefficient (Wildman–Crippen LogP) is 3.86. The normalized spacial score (nSPS) is 17.6. The molecule has 3 rings (SSSR count). The number of alkyl halides is 3. The molecular weight excluding hydrogens is 359 g/mol. The van der Waals surface area contributed by atoms with Crippen molar-refractivity contribution < 1.29 is 17.7 Å². The van der Waals surface area contributed by atoms with Crippen LogP contribution < -0.4 is 5.73 Å². The van der Waals surface area contributed by atoms with Crippen LogP contribution in [-0.4, -0.2) is 19.9 Å². The average molecular weight is 380 g/mol. The summed E-state index contributed by atoms with van der Waals surface area (Å²) in [6, 6.07) is 0. The monoisotopic (exact) mass is 379 g/mol. The molecule has 2 N–H and O–H groups in total. The highest BCUT2D eigenvalue weighted by atomic mass is 35.5. The van der Waals surface area contributed by atoms with E-state index in [-0.39, 0.29) is 29.7 Å². The molecule has 1 fully saturated rings. The summed E-state index contributed by atoms with van der Waals surface area (Å²) in [5.74, 6) is 0.0520. The molecule has 0 atom stereocenters. The first-order valence-electron chi connectivity index (χ1n) is 7.81. The summed E-state index contributed by atoms with van der Waals surface area (Å²) < 4.78 is 46.7.